The van der Waals surface area contributed by atoms with E-state index >= 15 is 0 Å². The van der Waals surface area contributed by atoms with Crippen LogP contribution in [0.5, 0.6) is 0 Å². The molecular formula is C24H24FN5O3S. The number of nitrogens with one attached hydrogen (secondary N) is 2. The van der Waals surface area contributed by atoms with Gasteiger partial charge in [-0.15, -0.1) is 0 Å². The van der Waals surface area contributed by atoms with E-state index in [0.717, 1.165) is 12.2 Å². The SMILES string of the molecule is CC(C)(C)OC(=O)NC1=N[C@@]2(c3cc(NC(=O)c4ccc(C#N)cn4)ccc3F)C[C@H]2CCS1. The molecule has 8 nitrogen and oxygen atoms in total. The van der Waals surface area contributed by atoms with Gasteiger partial charge in [0.1, 0.15) is 23.2 Å². The number of anilines is 1. The minimum Gasteiger partial charge on any atom is -0.444 e. The van der Waals surface area contributed by atoms with Crippen LogP contribution in [0.4, 0.5) is 14.9 Å². The molecule has 2 aliphatic rings. The minimum absolute atomic E-state index is 0.138. The lowest BCUT2D eigenvalue weighted by Crippen LogP contribution is -2.35. The summed E-state index contributed by atoms with van der Waals surface area (Å²) in [6, 6.07) is 9.27. The van der Waals surface area contributed by atoms with E-state index in [1.54, 1.807) is 26.8 Å². The van der Waals surface area contributed by atoms with Gasteiger partial charge < -0.3 is 10.1 Å². The number of benzene rings is 1. The van der Waals surface area contributed by atoms with Gasteiger partial charge >= 0.3 is 6.09 Å². The molecule has 1 aliphatic carbocycles. The number of aliphatic imine (C=N–C) groups is 1. The molecule has 1 aromatic carbocycles. The van der Waals surface area contributed by atoms with Crippen molar-refractivity contribution in [2.24, 2.45) is 10.9 Å². The molecule has 0 bridgehead atoms. The van der Waals surface area contributed by atoms with Crippen molar-refractivity contribution in [3.63, 3.8) is 0 Å². The van der Waals surface area contributed by atoms with E-state index in [1.807, 2.05) is 6.07 Å². The molecule has 2 N–H and O–H groups in total. The van der Waals surface area contributed by atoms with Gasteiger partial charge in [0, 0.05) is 23.2 Å². The maximum Gasteiger partial charge on any atom is 0.413 e. The second-order valence-corrected chi connectivity index (χ2v) is 10.3. The number of nitrogens with zero attached hydrogens (tertiary/aromatic N) is 3. The van der Waals surface area contributed by atoms with Gasteiger partial charge in [-0.1, -0.05) is 11.8 Å². The Morgan fingerprint density at radius 1 is 1.26 bits per heavy atom. The van der Waals surface area contributed by atoms with Crippen molar-refractivity contribution in [3.05, 3.63) is 59.2 Å². The number of rotatable bonds is 3. The monoisotopic (exact) mass is 481 g/mol. The van der Waals surface area contributed by atoms with Crippen molar-refractivity contribution in [3.8, 4) is 6.07 Å². The summed E-state index contributed by atoms with van der Waals surface area (Å²) in [6.07, 6.45) is 2.18. The highest BCUT2D eigenvalue weighted by Gasteiger charge is 2.57. The molecule has 0 unspecified atom stereocenters. The van der Waals surface area contributed by atoms with Crippen molar-refractivity contribution < 1.29 is 18.7 Å². The molecule has 1 fully saturated rings. The predicted molar refractivity (Wildman–Crippen MR) is 127 cm³/mol. The summed E-state index contributed by atoms with van der Waals surface area (Å²) in [5.41, 5.74) is -0.192. The van der Waals surface area contributed by atoms with E-state index in [-0.39, 0.29) is 11.6 Å². The van der Waals surface area contributed by atoms with Crippen LogP contribution >= 0.6 is 11.8 Å². The Morgan fingerprint density at radius 2 is 2.06 bits per heavy atom. The summed E-state index contributed by atoms with van der Waals surface area (Å²) in [6.45, 7) is 5.32. The number of pyridine rings is 1. The van der Waals surface area contributed by atoms with Crippen LogP contribution in [-0.2, 0) is 10.3 Å². The summed E-state index contributed by atoms with van der Waals surface area (Å²) < 4.78 is 20.3. The topological polar surface area (TPSA) is 116 Å². The summed E-state index contributed by atoms with van der Waals surface area (Å²) in [5.74, 6) is -0.0225. The van der Waals surface area contributed by atoms with Crippen LogP contribution in [0.25, 0.3) is 0 Å². The van der Waals surface area contributed by atoms with Crippen molar-refractivity contribution in [1.82, 2.24) is 10.3 Å². The maximum absolute atomic E-state index is 15.0. The average Bonchev–Trinajstić information content (AvgIpc) is 3.48. The number of aromatic nitrogens is 1. The molecule has 2 amide bonds. The van der Waals surface area contributed by atoms with E-state index in [9.17, 15) is 14.0 Å². The number of thioether (sulfide) groups is 1. The summed E-state index contributed by atoms with van der Waals surface area (Å²) in [5, 5.41) is 14.7. The number of hydrogen-bond donors (Lipinski definition) is 2. The second kappa shape index (κ2) is 9.06. The van der Waals surface area contributed by atoms with Crippen LogP contribution in [0, 0.1) is 23.1 Å². The standard InChI is InChI=1S/C24H24FN5O3S/c1-23(2,3)33-22(32)29-21-30-24(11-15(24)8-9-34-21)17-10-16(5-6-18(17)25)28-20(31)19-7-4-14(12-26)13-27-19/h4-7,10,13,15H,8-9,11H2,1-3H3,(H,28,31)(H,29,30,32)/t15-,24+/m1/s1. The van der Waals surface area contributed by atoms with Crippen LogP contribution < -0.4 is 10.6 Å². The van der Waals surface area contributed by atoms with Crippen molar-refractivity contribution in [2.75, 3.05) is 11.1 Å². The van der Waals surface area contributed by atoms with Crippen molar-refractivity contribution >= 4 is 34.6 Å². The van der Waals surface area contributed by atoms with Gasteiger partial charge in [0.25, 0.3) is 5.91 Å². The fourth-order valence-electron chi connectivity index (χ4n) is 3.88. The predicted octanol–water partition coefficient (Wildman–Crippen LogP) is 4.58. The molecule has 0 saturated heterocycles. The number of fused-ring (bicyclic) bond motifs is 1. The smallest absolute Gasteiger partial charge is 0.413 e. The molecule has 4 rings (SSSR count). The highest BCUT2D eigenvalue weighted by molar-refractivity contribution is 8.13. The first-order chi connectivity index (χ1) is 16.1. The number of carbonyl (C=O) groups is 2. The fraction of sp³-hybridized carbons (Fsp3) is 0.375. The Balaban J connectivity index is 1.57. The van der Waals surface area contributed by atoms with Gasteiger partial charge in [-0.2, -0.15) is 5.26 Å². The summed E-state index contributed by atoms with van der Waals surface area (Å²) >= 11 is 1.40. The third-order valence-electron chi connectivity index (χ3n) is 5.50. The molecule has 34 heavy (non-hydrogen) atoms. The zero-order chi connectivity index (χ0) is 24.5. The first kappa shape index (κ1) is 23.7. The minimum atomic E-state index is -0.800. The van der Waals surface area contributed by atoms with E-state index in [0.29, 0.717) is 28.4 Å². The van der Waals surface area contributed by atoms with Crippen molar-refractivity contribution in [1.29, 1.82) is 5.26 Å². The first-order valence-electron chi connectivity index (χ1n) is 10.8. The molecule has 2 atom stereocenters. The van der Waals surface area contributed by atoms with E-state index in [4.69, 9.17) is 15.0 Å². The number of nitriles is 1. The Hall–Kier alpha value is -3.45. The van der Waals surface area contributed by atoms with Crippen LogP contribution in [0.1, 0.15) is 55.2 Å². The van der Waals surface area contributed by atoms with Gasteiger partial charge in [-0.3, -0.25) is 15.1 Å². The maximum atomic E-state index is 15.0. The van der Waals surface area contributed by atoms with E-state index in [2.05, 4.69) is 15.6 Å². The molecule has 0 spiro atoms. The zero-order valence-corrected chi connectivity index (χ0v) is 19.8. The Labute approximate surface area is 201 Å². The number of amidine groups is 1. The fourth-order valence-corrected chi connectivity index (χ4v) is 4.85. The molecule has 1 aliphatic heterocycles. The van der Waals surface area contributed by atoms with Gasteiger partial charge in [0.2, 0.25) is 0 Å². The second-order valence-electron chi connectivity index (χ2n) is 9.20. The Morgan fingerprint density at radius 3 is 2.74 bits per heavy atom. The average molecular weight is 482 g/mol. The third-order valence-corrected chi connectivity index (χ3v) is 6.41. The number of hydrogen-bond acceptors (Lipinski definition) is 7. The number of alkyl carbamates (subject to hydrolysis) is 1. The van der Waals surface area contributed by atoms with E-state index in [1.165, 1.54) is 42.2 Å². The molecule has 0 radical (unpaired) electrons. The number of amides is 2. The molecule has 1 saturated carbocycles. The number of halogens is 1. The number of carbonyl (C=O) groups excluding carboxylic acids is 2. The normalized spacial score (nSPS) is 21.3. The highest BCUT2D eigenvalue weighted by Crippen LogP contribution is 2.59. The molecule has 10 heteroatoms. The van der Waals surface area contributed by atoms with Crippen LogP contribution in [-0.4, -0.2) is 33.5 Å². The third kappa shape index (κ3) is 5.20. The summed E-state index contributed by atoms with van der Waals surface area (Å²) in [7, 11) is 0. The van der Waals surface area contributed by atoms with Gasteiger partial charge in [-0.25, -0.2) is 14.2 Å². The Bertz CT molecular complexity index is 1200. The van der Waals surface area contributed by atoms with Crippen molar-refractivity contribution in [2.45, 2.75) is 44.8 Å². The lowest BCUT2D eigenvalue weighted by molar-refractivity contribution is 0.0564. The van der Waals surface area contributed by atoms with Crippen LogP contribution in [0.3, 0.4) is 0 Å². The van der Waals surface area contributed by atoms with Gasteiger partial charge in [0.15, 0.2) is 5.17 Å². The van der Waals surface area contributed by atoms with E-state index < -0.39 is 29.0 Å². The Kier molecular flexibility index (Phi) is 6.32. The first-order valence-corrected chi connectivity index (χ1v) is 11.8. The van der Waals surface area contributed by atoms with Crippen LogP contribution in [0.2, 0.25) is 0 Å². The summed E-state index contributed by atoms with van der Waals surface area (Å²) in [4.78, 5) is 33.6. The lowest BCUT2D eigenvalue weighted by Gasteiger charge is -2.20. The van der Waals surface area contributed by atoms with Crippen LogP contribution in [0.15, 0.2) is 41.5 Å². The van der Waals surface area contributed by atoms with Gasteiger partial charge in [0.05, 0.1) is 11.1 Å². The largest absolute Gasteiger partial charge is 0.444 e. The molecular weight excluding hydrogens is 457 g/mol. The molecule has 1 aromatic heterocycles. The molecule has 2 heterocycles. The molecule has 2 aromatic rings. The van der Waals surface area contributed by atoms with Gasteiger partial charge in [-0.05, 0) is 69.9 Å². The quantitative estimate of drug-likeness (QED) is 0.663. The zero-order valence-electron chi connectivity index (χ0n) is 19.0. The lowest BCUT2D eigenvalue weighted by atomic mass is 10.0. The number of ether oxygens (including phenoxy) is 1. The highest BCUT2D eigenvalue weighted by atomic mass is 32.2. The molecule has 176 valence electrons.